The van der Waals surface area contributed by atoms with Gasteiger partial charge in [0.25, 0.3) is 0 Å². The van der Waals surface area contributed by atoms with Gasteiger partial charge in [0.05, 0.1) is 21.9 Å². The number of nitrogens with one attached hydrogen (secondary N) is 1. The Hall–Kier alpha value is -2.23. The predicted octanol–water partition coefficient (Wildman–Crippen LogP) is 5.52. The molecule has 0 aliphatic heterocycles. The second kappa shape index (κ2) is 7.56. The van der Waals surface area contributed by atoms with Gasteiger partial charge in [0.2, 0.25) is 5.95 Å². The molecule has 1 aromatic heterocycles. The molecule has 0 spiro atoms. The maximum Gasteiger partial charge on any atom is 0.203 e. The molecule has 0 unspecified atom stereocenters. The van der Waals surface area contributed by atoms with E-state index in [2.05, 4.69) is 34.6 Å². The fraction of sp³-hybridized carbons (Fsp3) is 0.105. The monoisotopic (exact) mass is 357 g/mol. The first kappa shape index (κ1) is 16.6. The molecule has 1 heterocycles. The average Bonchev–Trinajstić information content (AvgIpc) is 2.96. The normalized spacial score (nSPS) is 11.1. The highest BCUT2D eigenvalue weighted by molar-refractivity contribution is 6.42. The molecule has 0 radical (unpaired) electrons. The lowest BCUT2D eigenvalue weighted by atomic mass is 10.2. The topological polar surface area (TPSA) is 29.9 Å². The summed E-state index contributed by atoms with van der Waals surface area (Å²) in [5, 5.41) is 4.39. The fourth-order valence-corrected chi connectivity index (χ4v) is 2.70. The van der Waals surface area contributed by atoms with Crippen molar-refractivity contribution in [3.05, 3.63) is 76.4 Å². The Kier molecular flexibility index (Phi) is 5.24. The van der Waals surface area contributed by atoms with Crippen molar-refractivity contribution in [2.24, 2.45) is 7.05 Å². The molecule has 122 valence electrons. The summed E-state index contributed by atoms with van der Waals surface area (Å²) < 4.78 is 2.00. The highest BCUT2D eigenvalue weighted by atomic mass is 35.5. The van der Waals surface area contributed by atoms with Crippen LogP contribution < -0.4 is 5.32 Å². The van der Waals surface area contributed by atoms with Crippen LogP contribution >= 0.6 is 23.2 Å². The summed E-state index contributed by atoms with van der Waals surface area (Å²) in [6.45, 7) is 0.695. The second-order valence-corrected chi connectivity index (χ2v) is 6.16. The standard InChI is InChI=1S/C19H17Cl2N3/c1-24-18(15-9-10-16(20)17(21)12-15)13-23-19(24)22-11-5-8-14-6-3-2-4-7-14/h2-10,12-13H,11H2,1H3,(H,22,23)/b8-5+. The van der Waals surface area contributed by atoms with E-state index in [9.17, 15) is 0 Å². The Bertz CT molecular complexity index is 854. The quantitative estimate of drug-likeness (QED) is 0.651. The van der Waals surface area contributed by atoms with E-state index in [-0.39, 0.29) is 0 Å². The molecular weight excluding hydrogens is 341 g/mol. The Labute approximate surface area is 151 Å². The van der Waals surface area contributed by atoms with Gasteiger partial charge in [-0.2, -0.15) is 0 Å². The SMILES string of the molecule is Cn1c(-c2ccc(Cl)c(Cl)c2)cnc1NC/C=C/c1ccccc1. The van der Waals surface area contributed by atoms with Gasteiger partial charge in [-0.1, -0.05) is 71.8 Å². The number of nitrogens with zero attached hydrogens (tertiary/aromatic N) is 2. The number of halogens is 2. The van der Waals surface area contributed by atoms with Crippen molar-refractivity contribution in [1.29, 1.82) is 0 Å². The van der Waals surface area contributed by atoms with E-state index in [0.29, 0.717) is 16.6 Å². The molecule has 0 aliphatic carbocycles. The lowest BCUT2D eigenvalue weighted by Gasteiger charge is -2.07. The summed E-state index contributed by atoms with van der Waals surface area (Å²) in [6, 6.07) is 15.8. The van der Waals surface area contributed by atoms with Crippen LogP contribution in [0, 0.1) is 0 Å². The first-order valence-corrected chi connectivity index (χ1v) is 8.33. The van der Waals surface area contributed by atoms with Gasteiger partial charge in [-0.25, -0.2) is 4.98 Å². The molecule has 0 bridgehead atoms. The van der Waals surface area contributed by atoms with Gasteiger partial charge in [0.15, 0.2) is 0 Å². The Morgan fingerprint density at radius 2 is 1.88 bits per heavy atom. The summed E-state index contributed by atoms with van der Waals surface area (Å²) in [6.07, 6.45) is 5.97. The second-order valence-electron chi connectivity index (χ2n) is 5.35. The number of rotatable bonds is 5. The fourth-order valence-electron chi connectivity index (χ4n) is 2.41. The summed E-state index contributed by atoms with van der Waals surface area (Å²) >= 11 is 12.1. The maximum absolute atomic E-state index is 6.10. The minimum absolute atomic E-state index is 0.538. The van der Waals surface area contributed by atoms with Gasteiger partial charge in [-0.3, -0.25) is 0 Å². The van der Waals surface area contributed by atoms with E-state index in [1.54, 1.807) is 6.07 Å². The zero-order valence-electron chi connectivity index (χ0n) is 13.2. The van der Waals surface area contributed by atoms with Crippen LogP contribution in [0.5, 0.6) is 0 Å². The van der Waals surface area contributed by atoms with Gasteiger partial charge >= 0.3 is 0 Å². The van der Waals surface area contributed by atoms with Gasteiger partial charge in [0.1, 0.15) is 0 Å². The van der Waals surface area contributed by atoms with E-state index >= 15 is 0 Å². The molecule has 2 aromatic carbocycles. The Balaban J connectivity index is 1.69. The number of hydrogen-bond acceptors (Lipinski definition) is 2. The molecule has 0 saturated heterocycles. The van der Waals surface area contributed by atoms with Gasteiger partial charge in [-0.05, 0) is 17.7 Å². The average molecular weight is 358 g/mol. The molecule has 0 atom stereocenters. The smallest absolute Gasteiger partial charge is 0.203 e. The molecule has 3 aromatic rings. The van der Waals surface area contributed by atoms with Crippen molar-refractivity contribution in [1.82, 2.24) is 9.55 Å². The predicted molar refractivity (Wildman–Crippen MR) is 103 cm³/mol. The van der Waals surface area contributed by atoms with Crippen LogP contribution in [0.15, 0.2) is 60.8 Å². The number of anilines is 1. The van der Waals surface area contributed by atoms with Crippen molar-refractivity contribution in [2.75, 3.05) is 11.9 Å². The maximum atomic E-state index is 6.10. The molecule has 24 heavy (non-hydrogen) atoms. The largest absolute Gasteiger partial charge is 0.352 e. The van der Waals surface area contributed by atoms with Crippen molar-refractivity contribution >= 4 is 35.2 Å². The zero-order chi connectivity index (χ0) is 16.9. The Morgan fingerprint density at radius 3 is 2.62 bits per heavy atom. The van der Waals surface area contributed by atoms with Crippen LogP contribution in [0.4, 0.5) is 5.95 Å². The van der Waals surface area contributed by atoms with E-state index in [4.69, 9.17) is 23.2 Å². The van der Waals surface area contributed by atoms with Crippen molar-refractivity contribution < 1.29 is 0 Å². The molecule has 0 fully saturated rings. The van der Waals surface area contributed by atoms with Crippen molar-refractivity contribution in [2.45, 2.75) is 0 Å². The molecule has 0 saturated carbocycles. The van der Waals surface area contributed by atoms with Crippen LogP contribution in [-0.4, -0.2) is 16.1 Å². The number of imidazole rings is 1. The van der Waals surface area contributed by atoms with Crippen LogP contribution in [0.25, 0.3) is 17.3 Å². The minimum Gasteiger partial charge on any atom is -0.352 e. The Morgan fingerprint density at radius 1 is 1.08 bits per heavy atom. The number of hydrogen-bond donors (Lipinski definition) is 1. The van der Waals surface area contributed by atoms with Crippen LogP contribution in [-0.2, 0) is 7.05 Å². The van der Waals surface area contributed by atoms with Crippen LogP contribution in [0.1, 0.15) is 5.56 Å². The van der Waals surface area contributed by atoms with Gasteiger partial charge in [-0.15, -0.1) is 0 Å². The van der Waals surface area contributed by atoms with E-state index in [1.165, 1.54) is 5.56 Å². The highest BCUT2D eigenvalue weighted by Gasteiger charge is 2.09. The van der Waals surface area contributed by atoms with Crippen LogP contribution in [0.2, 0.25) is 10.0 Å². The third kappa shape index (κ3) is 3.81. The molecule has 3 rings (SSSR count). The first-order chi connectivity index (χ1) is 11.6. The van der Waals surface area contributed by atoms with E-state index in [1.807, 2.05) is 48.1 Å². The number of benzene rings is 2. The lowest BCUT2D eigenvalue weighted by Crippen LogP contribution is -2.05. The molecule has 0 aliphatic rings. The molecule has 1 N–H and O–H groups in total. The lowest BCUT2D eigenvalue weighted by molar-refractivity contribution is 0.920. The number of aromatic nitrogens is 2. The van der Waals surface area contributed by atoms with E-state index < -0.39 is 0 Å². The third-order valence-corrected chi connectivity index (χ3v) is 4.43. The van der Waals surface area contributed by atoms with Crippen LogP contribution in [0.3, 0.4) is 0 Å². The zero-order valence-corrected chi connectivity index (χ0v) is 14.7. The molecule has 5 heteroatoms. The summed E-state index contributed by atoms with van der Waals surface area (Å²) in [4.78, 5) is 4.43. The molecular formula is C19H17Cl2N3. The summed E-state index contributed by atoms with van der Waals surface area (Å²) in [7, 11) is 1.97. The van der Waals surface area contributed by atoms with Gasteiger partial charge in [0, 0.05) is 19.2 Å². The third-order valence-electron chi connectivity index (χ3n) is 3.69. The first-order valence-electron chi connectivity index (χ1n) is 7.58. The molecule has 0 amide bonds. The van der Waals surface area contributed by atoms with Gasteiger partial charge < -0.3 is 9.88 Å². The summed E-state index contributed by atoms with van der Waals surface area (Å²) in [5.41, 5.74) is 3.13. The van der Waals surface area contributed by atoms with Crippen molar-refractivity contribution in [3.8, 4) is 11.3 Å². The minimum atomic E-state index is 0.538. The summed E-state index contributed by atoms with van der Waals surface area (Å²) in [5.74, 6) is 0.800. The molecule has 3 nitrogen and oxygen atoms in total. The van der Waals surface area contributed by atoms with E-state index in [0.717, 1.165) is 17.2 Å². The highest BCUT2D eigenvalue weighted by Crippen LogP contribution is 2.29. The van der Waals surface area contributed by atoms with Crippen molar-refractivity contribution in [3.63, 3.8) is 0 Å².